The Kier molecular flexibility index (Phi) is 7.08. The zero-order chi connectivity index (χ0) is 26.1. The monoisotopic (exact) mass is 516 g/mol. The summed E-state index contributed by atoms with van der Waals surface area (Å²) < 4.78 is 12.9. The smallest absolute Gasteiger partial charge is 0.407 e. The third-order valence-electron chi connectivity index (χ3n) is 8.41. The first-order chi connectivity index (χ1) is 18.5. The minimum atomic E-state index is -0.380. The Morgan fingerprint density at radius 3 is 2.47 bits per heavy atom. The van der Waals surface area contributed by atoms with Crippen molar-refractivity contribution in [2.24, 2.45) is 18.9 Å². The lowest BCUT2D eigenvalue weighted by atomic mass is 10.0. The van der Waals surface area contributed by atoms with E-state index in [1.807, 2.05) is 52.9 Å². The van der Waals surface area contributed by atoms with Gasteiger partial charge in [-0.15, -0.1) is 0 Å². The molecule has 6 rings (SSSR count). The average molecular weight is 517 g/mol. The van der Waals surface area contributed by atoms with E-state index in [9.17, 15) is 9.59 Å². The second kappa shape index (κ2) is 10.8. The van der Waals surface area contributed by atoms with Crippen LogP contribution in [0, 0.1) is 11.8 Å². The van der Waals surface area contributed by atoms with E-state index in [1.54, 1.807) is 0 Å². The number of nitrogens with zero attached hydrogens (tertiary/aromatic N) is 3. The molecule has 0 spiro atoms. The van der Waals surface area contributed by atoms with E-state index >= 15 is 0 Å². The van der Waals surface area contributed by atoms with Crippen LogP contribution >= 0.6 is 0 Å². The highest BCUT2D eigenvalue weighted by Crippen LogP contribution is 2.33. The van der Waals surface area contributed by atoms with Crippen LogP contribution in [0.1, 0.15) is 34.9 Å². The van der Waals surface area contributed by atoms with Gasteiger partial charge in [-0.1, -0.05) is 48.5 Å². The van der Waals surface area contributed by atoms with Gasteiger partial charge in [0.05, 0.1) is 19.3 Å². The van der Waals surface area contributed by atoms with Crippen LogP contribution < -0.4 is 5.32 Å². The van der Waals surface area contributed by atoms with Crippen molar-refractivity contribution >= 4 is 22.9 Å². The summed E-state index contributed by atoms with van der Waals surface area (Å²) in [7, 11) is 1.97. The molecule has 0 aliphatic carbocycles. The highest BCUT2D eigenvalue weighted by Gasteiger charge is 2.42. The maximum atomic E-state index is 13.4. The minimum absolute atomic E-state index is 0.115. The molecule has 0 bridgehead atoms. The van der Waals surface area contributed by atoms with Gasteiger partial charge in [0, 0.05) is 57.1 Å². The molecule has 4 atom stereocenters. The van der Waals surface area contributed by atoms with Crippen molar-refractivity contribution in [1.82, 2.24) is 19.7 Å². The van der Waals surface area contributed by atoms with Gasteiger partial charge in [-0.25, -0.2) is 4.79 Å². The van der Waals surface area contributed by atoms with Gasteiger partial charge in [0.2, 0.25) is 0 Å². The maximum Gasteiger partial charge on any atom is 0.407 e. The van der Waals surface area contributed by atoms with E-state index in [-0.39, 0.29) is 24.1 Å². The fraction of sp³-hybridized carbons (Fsp3) is 0.467. The number of alkyl carbamates (subject to hydrolysis) is 1. The second-order valence-corrected chi connectivity index (χ2v) is 10.9. The molecule has 3 aromatic rings. The Balaban J connectivity index is 1.04. The number of amides is 2. The van der Waals surface area contributed by atoms with Crippen molar-refractivity contribution in [2.45, 2.75) is 25.0 Å². The first kappa shape index (κ1) is 24.9. The predicted octanol–water partition coefficient (Wildman–Crippen LogP) is 3.83. The molecule has 200 valence electrons. The van der Waals surface area contributed by atoms with E-state index in [0.29, 0.717) is 25.0 Å². The third kappa shape index (κ3) is 5.15. The highest BCUT2D eigenvalue weighted by molar-refractivity contribution is 5.98. The van der Waals surface area contributed by atoms with Crippen molar-refractivity contribution in [3.8, 4) is 0 Å². The fourth-order valence-electron chi connectivity index (χ4n) is 6.35. The third-order valence-corrected chi connectivity index (χ3v) is 8.41. The van der Waals surface area contributed by atoms with E-state index in [2.05, 4.69) is 34.5 Å². The van der Waals surface area contributed by atoms with E-state index in [1.165, 1.54) is 0 Å². The molecule has 2 aromatic carbocycles. The average Bonchev–Trinajstić information content (AvgIpc) is 3.71. The molecule has 1 aromatic heterocycles. The summed E-state index contributed by atoms with van der Waals surface area (Å²) in [5.74, 6) is 1.11. The van der Waals surface area contributed by atoms with Crippen LogP contribution in [0.5, 0.6) is 0 Å². The number of likely N-dealkylation sites (tertiary alicyclic amines) is 2. The molecule has 8 nitrogen and oxygen atoms in total. The Morgan fingerprint density at radius 2 is 1.76 bits per heavy atom. The lowest BCUT2D eigenvalue weighted by Crippen LogP contribution is -2.36. The van der Waals surface area contributed by atoms with E-state index < -0.39 is 0 Å². The van der Waals surface area contributed by atoms with Crippen LogP contribution in [-0.4, -0.2) is 78.4 Å². The molecule has 4 heterocycles. The first-order valence-corrected chi connectivity index (χ1v) is 13.7. The van der Waals surface area contributed by atoms with Gasteiger partial charge >= 0.3 is 6.09 Å². The Morgan fingerprint density at radius 1 is 1.03 bits per heavy atom. The standard InChI is InChI=1S/C30H36N4O4/c1-32-27-10-6-5-9-22(27)15-28(32)29(35)34-18-23-16-33(17-24(23)19-34)13-11-26(21-7-3-2-4-8-21)31-30(36)38-25-12-14-37-20-25/h2-10,15,23-26H,11-14,16-20H2,1H3,(H,31,36)/t23-,24?,25?,26?/m0/s1. The number of aryl methyl sites for hydroxylation is 1. The quantitative estimate of drug-likeness (QED) is 0.517. The number of ether oxygens (including phenoxy) is 2. The number of benzene rings is 2. The summed E-state index contributed by atoms with van der Waals surface area (Å²) >= 11 is 0. The van der Waals surface area contributed by atoms with E-state index in [4.69, 9.17) is 9.47 Å². The molecule has 0 saturated carbocycles. The molecule has 8 heteroatoms. The summed E-state index contributed by atoms with van der Waals surface area (Å²) in [4.78, 5) is 30.5. The Labute approximate surface area is 223 Å². The zero-order valence-corrected chi connectivity index (χ0v) is 21.9. The lowest BCUT2D eigenvalue weighted by Gasteiger charge is -2.25. The SMILES string of the molecule is Cn1c(C(=O)N2CC3CN(CCC(NC(=O)OC4CCOC4)c4ccccc4)C[C@H]3C2)cc2ccccc21. The number of rotatable bonds is 7. The summed E-state index contributed by atoms with van der Waals surface area (Å²) in [5.41, 5.74) is 2.93. The molecule has 0 radical (unpaired) electrons. The van der Waals surface area contributed by atoms with Crippen molar-refractivity contribution < 1.29 is 19.1 Å². The largest absolute Gasteiger partial charge is 0.444 e. The van der Waals surface area contributed by atoms with E-state index in [0.717, 1.165) is 67.7 Å². The zero-order valence-electron chi connectivity index (χ0n) is 21.9. The van der Waals surface area contributed by atoms with Gasteiger partial charge in [0.1, 0.15) is 11.8 Å². The second-order valence-electron chi connectivity index (χ2n) is 10.9. The predicted molar refractivity (Wildman–Crippen MR) is 145 cm³/mol. The normalized spacial score (nSPS) is 24.0. The van der Waals surface area contributed by atoms with Gasteiger partial charge in [0.25, 0.3) is 5.91 Å². The summed E-state index contributed by atoms with van der Waals surface area (Å²) in [6.45, 7) is 5.57. The van der Waals surface area contributed by atoms with Crippen molar-refractivity contribution in [1.29, 1.82) is 0 Å². The molecular weight excluding hydrogens is 480 g/mol. The Bertz CT molecular complexity index is 1270. The van der Waals surface area contributed by atoms with Crippen LogP contribution in [0.4, 0.5) is 4.79 Å². The van der Waals surface area contributed by atoms with Crippen molar-refractivity contribution in [3.63, 3.8) is 0 Å². The molecule has 38 heavy (non-hydrogen) atoms. The molecular formula is C30H36N4O4. The van der Waals surface area contributed by atoms with Gasteiger partial charge < -0.3 is 29.2 Å². The van der Waals surface area contributed by atoms with Crippen LogP contribution in [0.2, 0.25) is 0 Å². The number of hydrogen-bond donors (Lipinski definition) is 1. The molecule has 3 fully saturated rings. The molecule has 3 aliphatic heterocycles. The lowest BCUT2D eigenvalue weighted by molar-refractivity contribution is 0.0764. The maximum absolute atomic E-state index is 13.4. The summed E-state index contributed by atoms with van der Waals surface area (Å²) in [6, 6.07) is 20.1. The van der Waals surface area contributed by atoms with Crippen LogP contribution in [0.25, 0.3) is 10.9 Å². The number of hydrogen-bond acceptors (Lipinski definition) is 5. The molecule has 3 aliphatic rings. The number of carbonyl (C=O) groups is 2. The van der Waals surface area contributed by atoms with Crippen LogP contribution in [-0.2, 0) is 16.5 Å². The molecule has 3 saturated heterocycles. The molecule has 1 N–H and O–H groups in total. The molecule has 2 amide bonds. The molecule has 3 unspecified atom stereocenters. The Hall–Kier alpha value is -3.36. The van der Waals surface area contributed by atoms with Gasteiger partial charge in [-0.05, 0) is 36.0 Å². The van der Waals surface area contributed by atoms with Crippen LogP contribution in [0.15, 0.2) is 60.7 Å². The topological polar surface area (TPSA) is 76.0 Å². The summed E-state index contributed by atoms with van der Waals surface area (Å²) in [6.07, 6.45) is 1.01. The van der Waals surface area contributed by atoms with Gasteiger partial charge in [-0.3, -0.25) is 4.79 Å². The summed E-state index contributed by atoms with van der Waals surface area (Å²) in [5, 5.41) is 4.20. The van der Waals surface area contributed by atoms with Gasteiger partial charge in [-0.2, -0.15) is 0 Å². The number of carbonyl (C=O) groups excluding carboxylic acids is 2. The number of aromatic nitrogens is 1. The number of nitrogens with one attached hydrogen (secondary N) is 1. The highest BCUT2D eigenvalue weighted by atomic mass is 16.6. The minimum Gasteiger partial charge on any atom is -0.444 e. The van der Waals surface area contributed by atoms with Crippen molar-refractivity contribution in [2.75, 3.05) is 45.9 Å². The van der Waals surface area contributed by atoms with Crippen LogP contribution in [0.3, 0.4) is 0 Å². The number of para-hydroxylation sites is 1. The van der Waals surface area contributed by atoms with Crippen molar-refractivity contribution in [3.05, 3.63) is 71.9 Å². The first-order valence-electron chi connectivity index (χ1n) is 13.7. The fourth-order valence-corrected chi connectivity index (χ4v) is 6.35. The number of fused-ring (bicyclic) bond motifs is 2. The van der Waals surface area contributed by atoms with Gasteiger partial charge in [0.15, 0.2) is 0 Å².